The van der Waals surface area contributed by atoms with Crippen molar-refractivity contribution in [3.05, 3.63) is 0 Å². The third kappa shape index (κ3) is 15.4. The second kappa shape index (κ2) is 12.0. The van der Waals surface area contributed by atoms with E-state index in [1.165, 1.54) is 0 Å². The number of aliphatic hydroxyl groups excluding tert-OH is 2. The summed E-state index contributed by atoms with van der Waals surface area (Å²) in [4.78, 5) is 19.3. The van der Waals surface area contributed by atoms with Crippen LogP contribution in [0.15, 0.2) is 0 Å². The molecule has 0 aliphatic carbocycles. The molecule has 9 nitrogen and oxygen atoms in total. The van der Waals surface area contributed by atoms with Gasteiger partial charge in [-0.25, -0.2) is 0 Å². The summed E-state index contributed by atoms with van der Waals surface area (Å²) < 4.78 is 0. The van der Waals surface area contributed by atoms with Crippen LogP contribution < -0.4 is 15.2 Å². The fourth-order valence-electron chi connectivity index (χ4n) is 0.258. The molecule has 2 atom stereocenters. The van der Waals surface area contributed by atoms with Crippen LogP contribution in [0.2, 0.25) is 0 Å². The zero-order valence-corrected chi connectivity index (χ0v) is 7.14. The van der Waals surface area contributed by atoms with E-state index in [4.69, 9.17) is 25.3 Å². The summed E-state index contributed by atoms with van der Waals surface area (Å²) in [7, 11) is -2.42. The number of carboxylic acids is 2. The molecule has 0 aromatic carbocycles. The topological polar surface area (TPSA) is 184 Å². The van der Waals surface area contributed by atoms with Gasteiger partial charge in [0, 0.05) is 0 Å². The summed E-state index contributed by atoms with van der Waals surface area (Å²) in [6.45, 7) is 0. The number of carbonyl (C=O) groups is 2. The molecule has 0 heterocycles. The van der Waals surface area contributed by atoms with E-state index in [2.05, 4.69) is 0 Å². The van der Waals surface area contributed by atoms with Crippen LogP contribution in [0.3, 0.4) is 0 Å². The van der Waals surface area contributed by atoms with E-state index in [-0.39, 0.29) is 16.8 Å². The normalized spacial score (nSPS) is 11.6. The Kier molecular flexibility index (Phi) is 18.2. The Morgan fingerprint density at radius 3 is 1.19 bits per heavy atom. The minimum atomic E-state index is -2.44. The molecule has 12 heteroatoms. The number of carbonyl (C=O) groups excluding carboxylic acids is 2. The molecule has 0 aliphatic rings. The standard InChI is InChI=1S/C4H6O6.BH2O3.BH3.B/c5-1(3(7)8)2(6)4(9)10;2-1(3)4;;/h1-2,5-6H,(H,7,8)(H,9,10);2-3H;1H3;/q;-1;;+3/p-2. The minimum Gasteiger partial charge on any atom is -0.832 e. The number of hydrogen-bond donors (Lipinski definition) is 4. The summed E-state index contributed by atoms with van der Waals surface area (Å²) in [5.41, 5.74) is 0. The first-order valence-corrected chi connectivity index (χ1v) is 3.00. The van der Waals surface area contributed by atoms with Crippen LogP contribution in [0, 0.1) is 0 Å². The fraction of sp³-hybridized carbons (Fsp3) is 0.500. The molecule has 0 saturated heterocycles. The monoisotopic (exact) mass is 234 g/mol. The van der Waals surface area contributed by atoms with Crippen molar-refractivity contribution < 1.29 is 45.1 Å². The van der Waals surface area contributed by atoms with E-state index >= 15 is 0 Å². The number of aliphatic carboxylic acids is 2. The molecule has 0 rings (SSSR count). The molecule has 0 saturated carbocycles. The summed E-state index contributed by atoms with van der Waals surface area (Å²) in [5.74, 6) is -4.12. The van der Waals surface area contributed by atoms with Crippen molar-refractivity contribution in [2.45, 2.75) is 12.2 Å². The molecule has 16 heavy (non-hydrogen) atoms. The SMILES string of the molecule is B.O=C([O-])C(O)C(O)C(=O)[O-].[B+3].[O-]B(O)O. The van der Waals surface area contributed by atoms with E-state index in [1.54, 1.807) is 0 Å². The van der Waals surface area contributed by atoms with Crippen LogP contribution in [-0.2, 0) is 9.59 Å². The summed E-state index contributed by atoms with van der Waals surface area (Å²) in [6.07, 6.45) is -4.88. The van der Waals surface area contributed by atoms with Gasteiger partial charge in [0.15, 0.2) is 0 Å². The first kappa shape index (κ1) is 24.3. The molecule has 0 aliphatic heterocycles. The molecule has 0 amide bonds. The van der Waals surface area contributed by atoms with Crippen molar-refractivity contribution in [2.24, 2.45) is 0 Å². The average molecular weight is 234 g/mol. The van der Waals surface area contributed by atoms with Gasteiger partial charge in [-0.2, -0.15) is 0 Å². The summed E-state index contributed by atoms with van der Waals surface area (Å²) >= 11 is 0. The largest absolute Gasteiger partial charge is 3.00 e. The van der Waals surface area contributed by atoms with Gasteiger partial charge >= 0.3 is 15.7 Å². The third-order valence-corrected chi connectivity index (χ3v) is 0.782. The van der Waals surface area contributed by atoms with E-state index in [0.29, 0.717) is 0 Å². The maximum absolute atomic E-state index is 9.63. The smallest absolute Gasteiger partial charge is 0.832 e. The van der Waals surface area contributed by atoms with Gasteiger partial charge in [-0.05, 0) is 0 Å². The molecule has 88 valence electrons. The number of aliphatic hydroxyl groups is 2. The zero-order chi connectivity index (χ0) is 11.9. The van der Waals surface area contributed by atoms with Gasteiger partial charge in [0.25, 0.3) is 0 Å². The zero-order valence-electron chi connectivity index (χ0n) is 7.14. The van der Waals surface area contributed by atoms with Crippen molar-refractivity contribution in [1.29, 1.82) is 0 Å². The minimum absolute atomic E-state index is 0. The van der Waals surface area contributed by atoms with E-state index < -0.39 is 31.5 Å². The molecule has 0 aromatic rings. The number of rotatable bonds is 3. The molecule has 2 unspecified atom stereocenters. The predicted octanol–water partition coefficient (Wildman–Crippen LogP) is -9.04. The first-order valence-electron chi connectivity index (χ1n) is 3.00. The van der Waals surface area contributed by atoms with E-state index in [9.17, 15) is 19.8 Å². The van der Waals surface area contributed by atoms with E-state index in [0.717, 1.165) is 0 Å². The van der Waals surface area contributed by atoms with Crippen LogP contribution in [0.4, 0.5) is 0 Å². The van der Waals surface area contributed by atoms with Gasteiger partial charge < -0.3 is 45.1 Å². The van der Waals surface area contributed by atoms with Crippen LogP contribution in [0.5, 0.6) is 0 Å². The molecular weight excluding hydrogens is 224 g/mol. The van der Waals surface area contributed by atoms with Crippen molar-refractivity contribution in [2.75, 3.05) is 0 Å². The number of hydrogen-bond acceptors (Lipinski definition) is 9. The van der Waals surface area contributed by atoms with Crippen LogP contribution >= 0.6 is 0 Å². The van der Waals surface area contributed by atoms with Crippen LogP contribution in [-0.4, -0.2) is 68.6 Å². The average Bonchev–Trinajstić information content (AvgIpc) is 2.00. The van der Waals surface area contributed by atoms with Crippen molar-refractivity contribution in [1.82, 2.24) is 0 Å². The Hall–Kier alpha value is -1.07. The molecule has 0 aromatic heterocycles. The van der Waals surface area contributed by atoms with Gasteiger partial charge in [-0.15, -0.1) is 0 Å². The summed E-state index contributed by atoms with van der Waals surface area (Å²) in [5, 5.41) is 58.5. The van der Waals surface area contributed by atoms with Crippen LogP contribution in [0.25, 0.3) is 0 Å². The molecular formula is C4H9B3O9. The Bertz CT molecular complexity index is 176. The Balaban J connectivity index is -0.000000105. The van der Waals surface area contributed by atoms with Crippen molar-refractivity contribution >= 4 is 36.1 Å². The van der Waals surface area contributed by atoms with Crippen molar-refractivity contribution in [3.8, 4) is 0 Å². The van der Waals surface area contributed by atoms with Crippen molar-refractivity contribution in [3.63, 3.8) is 0 Å². The van der Waals surface area contributed by atoms with E-state index in [1.807, 2.05) is 0 Å². The quantitative estimate of drug-likeness (QED) is 0.343. The first-order chi connectivity index (χ1) is 6.20. The molecule has 0 radical (unpaired) electrons. The maximum atomic E-state index is 9.63. The second-order valence-corrected chi connectivity index (χ2v) is 1.85. The van der Waals surface area contributed by atoms with Crippen LogP contribution in [0.1, 0.15) is 0 Å². The fourth-order valence-corrected chi connectivity index (χ4v) is 0.258. The second-order valence-electron chi connectivity index (χ2n) is 1.85. The maximum Gasteiger partial charge on any atom is 3.00 e. The molecule has 0 bridgehead atoms. The molecule has 0 fully saturated rings. The van der Waals surface area contributed by atoms with Gasteiger partial charge in [0.05, 0.1) is 20.4 Å². The Morgan fingerprint density at radius 2 is 1.12 bits per heavy atom. The number of carboxylic acid groups (broad SMARTS) is 2. The Morgan fingerprint density at radius 1 is 1.00 bits per heavy atom. The molecule has 0 spiro atoms. The molecule has 4 N–H and O–H groups in total. The summed E-state index contributed by atoms with van der Waals surface area (Å²) in [6, 6.07) is 0. The predicted molar refractivity (Wildman–Crippen MR) is 47.9 cm³/mol. The van der Waals surface area contributed by atoms with Gasteiger partial charge in [-0.3, -0.25) is 0 Å². The third-order valence-electron chi connectivity index (χ3n) is 0.782. The van der Waals surface area contributed by atoms with Gasteiger partial charge in [0.2, 0.25) is 0 Å². The Labute approximate surface area is 94.3 Å². The van der Waals surface area contributed by atoms with Gasteiger partial charge in [0.1, 0.15) is 12.2 Å². The van der Waals surface area contributed by atoms with Gasteiger partial charge in [-0.1, -0.05) is 0 Å².